The molecule has 0 saturated carbocycles. The molecule has 1 rings (SSSR count). The van der Waals surface area contributed by atoms with Crippen molar-refractivity contribution in [3.63, 3.8) is 0 Å². The number of nitrogens with one attached hydrogen (secondary N) is 1. The number of hydrogen-bond acceptors (Lipinski definition) is 2. The van der Waals surface area contributed by atoms with Gasteiger partial charge in [-0.2, -0.15) is 0 Å². The third-order valence-corrected chi connectivity index (χ3v) is 3.72. The molecule has 4 heteroatoms. The van der Waals surface area contributed by atoms with Gasteiger partial charge in [-0.15, -0.1) is 0 Å². The Labute approximate surface area is 117 Å². The van der Waals surface area contributed by atoms with Crippen LogP contribution in [0, 0.1) is 3.57 Å². The molecule has 0 aliphatic rings. The van der Waals surface area contributed by atoms with Crippen LogP contribution in [0.1, 0.15) is 24.2 Å². The number of halogens is 1. The Morgan fingerprint density at radius 2 is 1.82 bits per heavy atom. The van der Waals surface area contributed by atoms with Gasteiger partial charge in [0.25, 0.3) is 5.91 Å². The molecule has 0 aliphatic carbocycles. The molecule has 1 aromatic rings. The summed E-state index contributed by atoms with van der Waals surface area (Å²) < 4.78 is 1.13. The quantitative estimate of drug-likeness (QED) is 0.849. The Morgan fingerprint density at radius 1 is 1.29 bits per heavy atom. The van der Waals surface area contributed by atoms with Crippen LogP contribution in [0.4, 0.5) is 0 Å². The summed E-state index contributed by atoms with van der Waals surface area (Å²) in [7, 11) is 4.02. The molecule has 0 radical (unpaired) electrons. The standard InChI is InChI=1S/C13H19IN2O/c1-13(2,16(3)4)9-15-12(17)10-5-7-11(14)8-6-10/h5-8H,9H2,1-4H3,(H,15,17). The van der Waals surface area contributed by atoms with Crippen molar-refractivity contribution >= 4 is 28.5 Å². The van der Waals surface area contributed by atoms with Crippen LogP contribution in [-0.4, -0.2) is 37.0 Å². The molecule has 94 valence electrons. The van der Waals surface area contributed by atoms with Crippen molar-refractivity contribution < 1.29 is 4.79 Å². The van der Waals surface area contributed by atoms with E-state index in [9.17, 15) is 4.79 Å². The molecule has 0 aliphatic heterocycles. The third kappa shape index (κ3) is 4.27. The highest BCUT2D eigenvalue weighted by Gasteiger charge is 2.21. The summed E-state index contributed by atoms with van der Waals surface area (Å²) in [6.07, 6.45) is 0. The molecule has 17 heavy (non-hydrogen) atoms. The maximum absolute atomic E-state index is 11.9. The zero-order valence-electron chi connectivity index (χ0n) is 10.7. The van der Waals surface area contributed by atoms with Crippen LogP contribution in [0.2, 0.25) is 0 Å². The SMILES string of the molecule is CN(C)C(C)(C)CNC(=O)c1ccc(I)cc1. The van der Waals surface area contributed by atoms with Crippen LogP contribution in [0.15, 0.2) is 24.3 Å². The largest absolute Gasteiger partial charge is 0.350 e. The summed E-state index contributed by atoms with van der Waals surface area (Å²) >= 11 is 2.22. The molecule has 0 atom stereocenters. The lowest BCUT2D eigenvalue weighted by molar-refractivity contribution is 0.0919. The summed E-state index contributed by atoms with van der Waals surface area (Å²) in [5.74, 6) is -0.0173. The fourth-order valence-electron chi connectivity index (χ4n) is 1.16. The second kappa shape index (κ2) is 5.82. The van der Waals surface area contributed by atoms with E-state index in [-0.39, 0.29) is 11.4 Å². The molecule has 1 N–H and O–H groups in total. The van der Waals surface area contributed by atoms with Gasteiger partial charge in [-0.3, -0.25) is 4.79 Å². The summed E-state index contributed by atoms with van der Waals surface area (Å²) in [5, 5.41) is 2.96. The van der Waals surface area contributed by atoms with Crippen molar-refractivity contribution in [2.75, 3.05) is 20.6 Å². The van der Waals surface area contributed by atoms with E-state index in [4.69, 9.17) is 0 Å². The minimum absolute atomic E-state index is 0.0173. The number of carbonyl (C=O) groups is 1. The first-order chi connectivity index (χ1) is 7.83. The van der Waals surface area contributed by atoms with Gasteiger partial charge < -0.3 is 10.2 Å². The molecule has 0 spiro atoms. The highest BCUT2D eigenvalue weighted by molar-refractivity contribution is 14.1. The minimum Gasteiger partial charge on any atom is -0.350 e. The fraction of sp³-hybridized carbons (Fsp3) is 0.462. The highest BCUT2D eigenvalue weighted by Crippen LogP contribution is 2.10. The molecule has 0 bridgehead atoms. The van der Waals surface area contributed by atoms with Gasteiger partial charge in [-0.05, 0) is 74.8 Å². The van der Waals surface area contributed by atoms with Crippen LogP contribution in [-0.2, 0) is 0 Å². The smallest absolute Gasteiger partial charge is 0.251 e. The first-order valence-corrected chi connectivity index (χ1v) is 6.62. The normalized spacial score (nSPS) is 11.6. The van der Waals surface area contributed by atoms with E-state index in [2.05, 4.69) is 46.7 Å². The van der Waals surface area contributed by atoms with Crippen molar-refractivity contribution in [3.05, 3.63) is 33.4 Å². The summed E-state index contributed by atoms with van der Waals surface area (Å²) in [4.78, 5) is 14.0. The Morgan fingerprint density at radius 3 is 2.29 bits per heavy atom. The van der Waals surface area contributed by atoms with Gasteiger partial charge in [0.15, 0.2) is 0 Å². The van der Waals surface area contributed by atoms with Crippen LogP contribution in [0.3, 0.4) is 0 Å². The Balaban J connectivity index is 2.59. The second-order valence-electron chi connectivity index (χ2n) is 4.90. The maximum atomic E-state index is 11.9. The van der Waals surface area contributed by atoms with E-state index >= 15 is 0 Å². The van der Waals surface area contributed by atoms with Crippen molar-refractivity contribution in [1.29, 1.82) is 0 Å². The predicted molar refractivity (Wildman–Crippen MR) is 79.3 cm³/mol. The van der Waals surface area contributed by atoms with Crippen LogP contribution >= 0.6 is 22.6 Å². The van der Waals surface area contributed by atoms with Crippen molar-refractivity contribution in [2.24, 2.45) is 0 Å². The van der Waals surface area contributed by atoms with Gasteiger partial charge in [0.05, 0.1) is 0 Å². The average molecular weight is 346 g/mol. The van der Waals surface area contributed by atoms with E-state index in [1.54, 1.807) is 0 Å². The topological polar surface area (TPSA) is 32.3 Å². The lowest BCUT2D eigenvalue weighted by Crippen LogP contribution is -2.48. The zero-order valence-corrected chi connectivity index (χ0v) is 12.9. The lowest BCUT2D eigenvalue weighted by Gasteiger charge is -2.32. The van der Waals surface area contributed by atoms with Gasteiger partial charge in [0.1, 0.15) is 0 Å². The molecule has 0 heterocycles. The number of likely N-dealkylation sites (N-methyl/N-ethyl adjacent to an activating group) is 1. The molecule has 0 saturated heterocycles. The van der Waals surface area contributed by atoms with Crippen LogP contribution < -0.4 is 5.32 Å². The summed E-state index contributed by atoms with van der Waals surface area (Å²) in [6.45, 7) is 4.83. The van der Waals surface area contributed by atoms with Gasteiger partial charge in [-0.1, -0.05) is 0 Å². The van der Waals surface area contributed by atoms with E-state index in [1.807, 2.05) is 38.4 Å². The molecule has 0 unspecified atom stereocenters. The molecular formula is C13H19IN2O. The Bertz CT molecular complexity index is 385. The Hall–Kier alpha value is -0.620. The van der Waals surface area contributed by atoms with E-state index in [0.29, 0.717) is 12.1 Å². The number of nitrogens with zero attached hydrogens (tertiary/aromatic N) is 1. The number of benzene rings is 1. The van der Waals surface area contributed by atoms with Crippen LogP contribution in [0.5, 0.6) is 0 Å². The predicted octanol–water partition coefficient (Wildman–Crippen LogP) is 2.36. The minimum atomic E-state index is -0.0428. The summed E-state index contributed by atoms with van der Waals surface area (Å²) in [6, 6.07) is 7.57. The molecule has 1 aromatic carbocycles. The lowest BCUT2D eigenvalue weighted by atomic mass is 10.0. The third-order valence-electron chi connectivity index (χ3n) is 3.00. The van der Waals surface area contributed by atoms with Crippen LogP contribution in [0.25, 0.3) is 0 Å². The van der Waals surface area contributed by atoms with Gasteiger partial charge >= 0.3 is 0 Å². The van der Waals surface area contributed by atoms with Crippen molar-refractivity contribution in [2.45, 2.75) is 19.4 Å². The maximum Gasteiger partial charge on any atom is 0.251 e. The Kier molecular flexibility index (Phi) is 4.94. The molecule has 1 amide bonds. The van der Waals surface area contributed by atoms with Crippen molar-refractivity contribution in [1.82, 2.24) is 10.2 Å². The van der Waals surface area contributed by atoms with Gasteiger partial charge in [-0.25, -0.2) is 0 Å². The molecular weight excluding hydrogens is 327 g/mol. The van der Waals surface area contributed by atoms with Crippen molar-refractivity contribution in [3.8, 4) is 0 Å². The van der Waals surface area contributed by atoms with E-state index in [0.717, 1.165) is 3.57 Å². The molecule has 0 fully saturated rings. The van der Waals surface area contributed by atoms with E-state index in [1.165, 1.54) is 0 Å². The molecule has 0 aromatic heterocycles. The number of hydrogen-bond donors (Lipinski definition) is 1. The first-order valence-electron chi connectivity index (χ1n) is 5.54. The number of rotatable bonds is 4. The van der Waals surface area contributed by atoms with Gasteiger partial charge in [0, 0.05) is 21.2 Å². The van der Waals surface area contributed by atoms with E-state index < -0.39 is 0 Å². The molecule has 3 nitrogen and oxygen atoms in total. The number of carbonyl (C=O) groups excluding carboxylic acids is 1. The second-order valence-corrected chi connectivity index (χ2v) is 6.14. The fourth-order valence-corrected chi connectivity index (χ4v) is 1.52. The first kappa shape index (κ1) is 14.4. The average Bonchev–Trinajstić information content (AvgIpc) is 2.27. The summed E-state index contributed by atoms with van der Waals surface area (Å²) in [5.41, 5.74) is 0.666. The monoisotopic (exact) mass is 346 g/mol. The zero-order chi connectivity index (χ0) is 13.1. The number of amides is 1. The highest BCUT2D eigenvalue weighted by atomic mass is 127. The van der Waals surface area contributed by atoms with Gasteiger partial charge in [0.2, 0.25) is 0 Å².